The zero-order valence-electron chi connectivity index (χ0n) is 16.6. The van der Waals surface area contributed by atoms with Gasteiger partial charge in [0.05, 0.1) is 30.4 Å². The molecule has 1 aromatic carbocycles. The number of pyridine rings is 1. The molecule has 4 rings (SSSR count). The molecule has 0 unspecified atom stereocenters. The Kier molecular flexibility index (Phi) is 4.79. The van der Waals surface area contributed by atoms with E-state index in [0.717, 1.165) is 11.3 Å². The number of nitrogens with zero attached hydrogens (tertiary/aromatic N) is 3. The molecule has 0 fully saturated rings. The van der Waals surface area contributed by atoms with E-state index in [4.69, 9.17) is 9.47 Å². The van der Waals surface area contributed by atoms with Gasteiger partial charge in [0, 0.05) is 23.7 Å². The number of amides is 1. The molecular weight excluding hydrogens is 372 g/mol. The minimum atomic E-state index is -0.336. The molecule has 0 spiro atoms. The van der Waals surface area contributed by atoms with Gasteiger partial charge in [-0.1, -0.05) is 6.07 Å². The van der Waals surface area contributed by atoms with Gasteiger partial charge in [0.2, 0.25) is 5.91 Å². The molecule has 29 heavy (non-hydrogen) atoms. The van der Waals surface area contributed by atoms with Crippen LogP contribution in [0.25, 0.3) is 11.0 Å². The van der Waals surface area contributed by atoms with Crippen LogP contribution in [0.15, 0.2) is 41.5 Å². The van der Waals surface area contributed by atoms with Crippen molar-refractivity contribution in [3.63, 3.8) is 0 Å². The number of hydrogen-bond acceptors (Lipinski definition) is 6. The Bertz CT molecular complexity index is 1150. The lowest BCUT2D eigenvalue weighted by atomic mass is 9.95. The summed E-state index contributed by atoms with van der Waals surface area (Å²) in [4.78, 5) is 34.1. The van der Waals surface area contributed by atoms with E-state index in [2.05, 4.69) is 15.3 Å². The maximum Gasteiger partial charge on any atom is 0.263 e. The second-order valence-corrected chi connectivity index (χ2v) is 7.65. The maximum absolute atomic E-state index is 12.9. The summed E-state index contributed by atoms with van der Waals surface area (Å²) in [5, 5.41) is 3.14. The summed E-state index contributed by atoms with van der Waals surface area (Å²) in [7, 11) is 1.56. The van der Waals surface area contributed by atoms with Crippen LogP contribution in [0.4, 0.5) is 5.69 Å². The normalized spacial score (nSPS) is 15.0. The highest BCUT2D eigenvalue weighted by Gasteiger charge is 2.28. The zero-order chi connectivity index (χ0) is 20.6. The highest BCUT2D eigenvalue weighted by Crippen LogP contribution is 2.27. The topological polar surface area (TPSA) is 95.3 Å². The highest BCUT2D eigenvalue weighted by molar-refractivity contribution is 5.90. The molecule has 0 atom stereocenters. The van der Waals surface area contributed by atoms with Crippen molar-refractivity contribution in [2.45, 2.75) is 39.0 Å². The van der Waals surface area contributed by atoms with Crippen molar-refractivity contribution in [2.75, 3.05) is 12.4 Å². The van der Waals surface area contributed by atoms with Crippen molar-refractivity contribution in [2.24, 2.45) is 0 Å². The van der Waals surface area contributed by atoms with Gasteiger partial charge in [0.1, 0.15) is 18.6 Å². The molecule has 3 aromatic rings. The van der Waals surface area contributed by atoms with E-state index in [1.807, 2.05) is 13.8 Å². The molecule has 0 saturated carbocycles. The number of aromatic nitrogens is 3. The van der Waals surface area contributed by atoms with Gasteiger partial charge in [-0.25, -0.2) is 9.97 Å². The van der Waals surface area contributed by atoms with Gasteiger partial charge in [0.15, 0.2) is 5.65 Å². The van der Waals surface area contributed by atoms with Crippen molar-refractivity contribution in [1.82, 2.24) is 14.5 Å². The van der Waals surface area contributed by atoms with Gasteiger partial charge < -0.3 is 14.8 Å². The van der Waals surface area contributed by atoms with Crippen LogP contribution in [0.2, 0.25) is 0 Å². The fraction of sp³-hybridized carbons (Fsp3) is 0.333. The highest BCUT2D eigenvalue weighted by atomic mass is 16.5. The Hall–Kier alpha value is -3.26. The number of benzene rings is 1. The van der Waals surface area contributed by atoms with Crippen molar-refractivity contribution in [3.8, 4) is 5.75 Å². The summed E-state index contributed by atoms with van der Waals surface area (Å²) in [5.74, 6) is 0.297. The molecule has 1 aliphatic rings. The number of hydrogen-bond donors (Lipinski definition) is 1. The van der Waals surface area contributed by atoms with Crippen molar-refractivity contribution in [1.29, 1.82) is 0 Å². The lowest BCUT2D eigenvalue weighted by molar-refractivity contribution is -0.116. The number of fused-ring (bicyclic) bond motifs is 2. The third-order valence-electron chi connectivity index (χ3n) is 4.86. The minimum Gasteiger partial charge on any atom is -0.497 e. The number of rotatable bonds is 4. The summed E-state index contributed by atoms with van der Waals surface area (Å²) in [6.45, 7) is 4.26. The molecule has 1 aliphatic heterocycles. The summed E-state index contributed by atoms with van der Waals surface area (Å²) in [6.07, 6.45) is 2.02. The molecule has 0 saturated heterocycles. The molecule has 8 heteroatoms. The van der Waals surface area contributed by atoms with Crippen LogP contribution in [0, 0.1) is 0 Å². The van der Waals surface area contributed by atoms with E-state index in [0.29, 0.717) is 35.5 Å². The molecule has 0 bridgehead atoms. The fourth-order valence-corrected chi connectivity index (χ4v) is 3.34. The molecular formula is C21H22N4O4. The third kappa shape index (κ3) is 3.97. The number of carbonyl (C=O) groups is 1. The number of methoxy groups -OCH3 is 1. The smallest absolute Gasteiger partial charge is 0.263 e. The van der Waals surface area contributed by atoms with Crippen LogP contribution in [0.5, 0.6) is 5.75 Å². The minimum absolute atomic E-state index is 0.153. The van der Waals surface area contributed by atoms with E-state index in [-0.39, 0.29) is 23.6 Å². The van der Waals surface area contributed by atoms with E-state index >= 15 is 0 Å². The van der Waals surface area contributed by atoms with Gasteiger partial charge in [-0.05, 0) is 32.0 Å². The standard InChI is InChI=1S/C21H22N4O4/c1-21(2)9-17-13(11-29-21)7-16-19(24-17)22-12-25(20(16)27)10-18(26)23-14-5-4-6-15(8-14)28-3/h4-8,12H,9-11H2,1-3H3,(H,23,26). The Balaban J connectivity index is 1.59. The van der Waals surface area contributed by atoms with Gasteiger partial charge in [-0.2, -0.15) is 0 Å². The van der Waals surface area contributed by atoms with Crippen LogP contribution in [-0.2, 0) is 29.1 Å². The summed E-state index contributed by atoms with van der Waals surface area (Å²) >= 11 is 0. The van der Waals surface area contributed by atoms with Crippen molar-refractivity contribution < 1.29 is 14.3 Å². The van der Waals surface area contributed by atoms with E-state index in [1.165, 1.54) is 10.9 Å². The lowest BCUT2D eigenvalue weighted by Crippen LogP contribution is -2.33. The quantitative estimate of drug-likeness (QED) is 0.730. The van der Waals surface area contributed by atoms with E-state index in [9.17, 15) is 9.59 Å². The first-order valence-electron chi connectivity index (χ1n) is 9.30. The SMILES string of the molecule is COc1cccc(NC(=O)Cn2cnc3nc4c(cc3c2=O)COC(C)(C)C4)c1. The van der Waals surface area contributed by atoms with Gasteiger partial charge in [0.25, 0.3) is 5.56 Å². The molecule has 150 valence electrons. The first-order chi connectivity index (χ1) is 13.8. The molecule has 2 aromatic heterocycles. The van der Waals surface area contributed by atoms with Crippen molar-refractivity contribution >= 4 is 22.6 Å². The molecule has 0 radical (unpaired) electrons. The second kappa shape index (κ2) is 7.29. The number of anilines is 1. The summed E-state index contributed by atoms with van der Waals surface area (Å²) in [5.41, 5.74) is 2.16. The third-order valence-corrected chi connectivity index (χ3v) is 4.86. The second-order valence-electron chi connectivity index (χ2n) is 7.65. The van der Waals surface area contributed by atoms with E-state index < -0.39 is 0 Å². The molecule has 1 N–H and O–H groups in total. The first kappa shape index (κ1) is 19.1. The predicted octanol–water partition coefficient (Wildman–Crippen LogP) is 2.29. The lowest BCUT2D eigenvalue weighted by Gasteiger charge is -2.31. The Morgan fingerprint density at radius 1 is 1.34 bits per heavy atom. The zero-order valence-corrected chi connectivity index (χ0v) is 16.6. The van der Waals surface area contributed by atoms with Crippen LogP contribution in [-0.4, -0.2) is 33.2 Å². The van der Waals surface area contributed by atoms with Gasteiger partial charge in [-0.3, -0.25) is 14.2 Å². The van der Waals surface area contributed by atoms with Crippen LogP contribution in [0.3, 0.4) is 0 Å². The van der Waals surface area contributed by atoms with Crippen LogP contribution in [0.1, 0.15) is 25.1 Å². The molecule has 0 aliphatic carbocycles. The average Bonchev–Trinajstić information content (AvgIpc) is 2.68. The monoisotopic (exact) mass is 394 g/mol. The molecule has 3 heterocycles. The van der Waals surface area contributed by atoms with E-state index in [1.54, 1.807) is 37.4 Å². The Morgan fingerprint density at radius 3 is 2.97 bits per heavy atom. The largest absolute Gasteiger partial charge is 0.497 e. The number of ether oxygens (including phenoxy) is 2. The number of nitrogens with one attached hydrogen (secondary N) is 1. The van der Waals surface area contributed by atoms with Crippen molar-refractivity contribution in [3.05, 3.63) is 58.3 Å². The van der Waals surface area contributed by atoms with Gasteiger partial charge in [-0.15, -0.1) is 0 Å². The Labute approximate surface area is 167 Å². The number of carbonyl (C=O) groups excluding carboxylic acids is 1. The molecule has 1 amide bonds. The van der Waals surface area contributed by atoms with Crippen LogP contribution >= 0.6 is 0 Å². The Morgan fingerprint density at radius 2 is 2.17 bits per heavy atom. The summed E-state index contributed by atoms with van der Waals surface area (Å²) in [6, 6.07) is 8.79. The first-order valence-corrected chi connectivity index (χ1v) is 9.30. The molecule has 8 nitrogen and oxygen atoms in total. The summed E-state index contributed by atoms with van der Waals surface area (Å²) < 4.78 is 12.2. The maximum atomic E-state index is 12.9. The average molecular weight is 394 g/mol. The predicted molar refractivity (Wildman–Crippen MR) is 108 cm³/mol. The van der Waals surface area contributed by atoms with Gasteiger partial charge >= 0.3 is 0 Å². The van der Waals surface area contributed by atoms with Crippen LogP contribution < -0.4 is 15.6 Å². The fourth-order valence-electron chi connectivity index (χ4n) is 3.34.